The molecular formula is C24H29ClN2O5S. The van der Waals surface area contributed by atoms with E-state index in [4.69, 9.17) is 16.3 Å². The minimum absolute atomic E-state index is 0.0984. The molecule has 0 radical (unpaired) electrons. The van der Waals surface area contributed by atoms with E-state index >= 15 is 0 Å². The fraction of sp³-hybridized carbons (Fsp3) is 0.417. The number of carbonyl (C=O) groups excluding carboxylic acids is 2. The number of halogens is 1. The second-order valence-electron chi connectivity index (χ2n) is 7.98. The largest absolute Gasteiger partial charge is 0.462 e. The predicted molar refractivity (Wildman–Crippen MR) is 129 cm³/mol. The van der Waals surface area contributed by atoms with Crippen LogP contribution in [0.5, 0.6) is 0 Å². The summed E-state index contributed by atoms with van der Waals surface area (Å²) >= 11 is 6.22. The van der Waals surface area contributed by atoms with Gasteiger partial charge in [0.2, 0.25) is 15.9 Å². The summed E-state index contributed by atoms with van der Waals surface area (Å²) in [5.41, 5.74) is 1.84. The van der Waals surface area contributed by atoms with Crippen molar-refractivity contribution in [2.45, 2.75) is 32.6 Å². The van der Waals surface area contributed by atoms with Gasteiger partial charge in [0, 0.05) is 19.0 Å². The van der Waals surface area contributed by atoms with Gasteiger partial charge >= 0.3 is 5.97 Å². The van der Waals surface area contributed by atoms with Gasteiger partial charge in [0.1, 0.15) is 0 Å². The highest BCUT2D eigenvalue weighted by Gasteiger charge is 2.31. The standard InChI is InChI=1S/C24H29ClN2O5S/c1-2-32-24(29)20-10-11-22(21(25)17-20)26-23(28)19-12-14-27(15-13-19)33(30,31)16-6-9-18-7-4-3-5-8-18/h3-5,7-8,10-11,17,19H,2,6,9,12-16H2,1H3,(H,26,28). The lowest BCUT2D eigenvalue weighted by atomic mass is 9.97. The van der Waals surface area contributed by atoms with E-state index in [1.165, 1.54) is 10.4 Å². The summed E-state index contributed by atoms with van der Waals surface area (Å²) in [6, 6.07) is 14.4. The maximum Gasteiger partial charge on any atom is 0.338 e. The van der Waals surface area contributed by atoms with Gasteiger partial charge in [-0.25, -0.2) is 17.5 Å². The van der Waals surface area contributed by atoms with Crippen molar-refractivity contribution in [3.63, 3.8) is 0 Å². The Hall–Kier alpha value is -2.42. The molecule has 2 aromatic rings. The zero-order chi connectivity index (χ0) is 23.8. The first-order valence-electron chi connectivity index (χ1n) is 11.1. The van der Waals surface area contributed by atoms with Crippen molar-refractivity contribution >= 4 is 39.2 Å². The highest BCUT2D eigenvalue weighted by Crippen LogP contribution is 2.27. The molecule has 0 aliphatic carbocycles. The van der Waals surface area contributed by atoms with Gasteiger partial charge in [-0.1, -0.05) is 41.9 Å². The Balaban J connectivity index is 1.48. The van der Waals surface area contributed by atoms with Crippen LogP contribution in [0.15, 0.2) is 48.5 Å². The number of aryl methyl sites for hydroxylation is 1. The van der Waals surface area contributed by atoms with Gasteiger partial charge in [-0.3, -0.25) is 4.79 Å². The third-order valence-electron chi connectivity index (χ3n) is 5.67. The van der Waals surface area contributed by atoms with E-state index in [1.807, 2.05) is 30.3 Å². The lowest BCUT2D eigenvalue weighted by Crippen LogP contribution is -2.42. The van der Waals surface area contributed by atoms with Crippen molar-refractivity contribution in [3.8, 4) is 0 Å². The summed E-state index contributed by atoms with van der Waals surface area (Å²) in [6.07, 6.45) is 2.17. The SMILES string of the molecule is CCOC(=O)c1ccc(NC(=O)C2CCN(S(=O)(=O)CCCc3ccccc3)CC2)c(Cl)c1. The van der Waals surface area contributed by atoms with Crippen LogP contribution in [0.1, 0.15) is 42.1 Å². The molecule has 0 unspecified atom stereocenters. The van der Waals surface area contributed by atoms with Gasteiger partial charge in [-0.2, -0.15) is 0 Å². The van der Waals surface area contributed by atoms with Crippen LogP contribution in [0.25, 0.3) is 0 Å². The zero-order valence-corrected chi connectivity index (χ0v) is 20.2. The number of hydrogen-bond acceptors (Lipinski definition) is 5. The number of nitrogens with zero attached hydrogens (tertiary/aromatic N) is 1. The molecule has 178 valence electrons. The number of esters is 1. The highest BCUT2D eigenvalue weighted by molar-refractivity contribution is 7.89. The van der Waals surface area contributed by atoms with E-state index in [1.54, 1.807) is 19.1 Å². The smallest absolute Gasteiger partial charge is 0.338 e. The molecule has 1 saturated heterocycles. The summed E-state index contributed by atoms with van der Waals surface area (Å²) in [6.45, 7) is 2.62. The fourth-order valence-corrected chi connectivity index (χ4v) is 5.58. The van der Waals surface area contributed by atoms with Crippen LogP contribution in [0, 0.1) is 5.92 Å². The van der Waals surface area contributed by atoms with E-state index in [2.05, 4.69) is 5.32 Å². The number of piperidine rings is 1. The molecule has 1 heterocycles. The molecule has 1 aliphatic heterocycles. The molecule has 0 bridgehead atoms. The molecular weight excluding hydrogens is 464 g/mol. The molecule has 1 fully saturated rings. The van der Waals surface area contributed by atoms with E-state index in [-0.39, 0.29) is 29.2 Å². The third-order valence-corrected chi connectivity index (χ3v) is 7.94. The Bertz CT molecular complexity index is 1070. The topological polar surface area (TPSA) is 92.8 Å². The van der Waals surface area contributed by atoms with Crippen molar-refractivity contribution in [1.82, 2.24) is 4.31 Å². The molecule has 0 saturated carbocycles. The quantitative estimate of drug-likeness (QED) is 0.531. The van der Waals surface area contributed by atoms with Crippen LogP contribution >= 0.6 is 11.6 Å². The minimum Gasteiger partial charge on any atom is -0.462 e. The maximum absolute atomic E-state index is 12.7. The van der Waals surface area contributed by atoms with E-state index in [9.17, 15) is 18.0 Å². The average Bonchev–Trinajstić information content (AvgIpc) is 2.81. The van der Waals surface area contributed by atoms with Gasteiger partial charge in [-0.05, 0) is 56.4 Å². The van der Waals surface area contributed by atoms with Crippen molar-refractivity contribution in [2.24, 2.45) is 5.92 Å². The van der Waals surface area contributed by atoms with Crippen LogP contribution in [-0.4, -0.2) is 50.0 Å². The van der Waals surface area contributed by atoms with Crippen LogP contribution < -0.4 is 5.32 Å². The monoisotopic (exact) mass is 492 g/mol. The molecule has 1 N–H and O–H groups in total. The van der Waals surface area contributed by atoms with E-state index < -0.39 is 16.0 Å². The second kappa shape index (κ2) is 11.6. The van der Waals surface area contributed by atoms with E-state index in [0.29, 0.717) is 50.0 Å². The molecule has 9 heteroatoms. The molecule has 0 spiro atoms. The lowest BCUT2D eigenvalue weighted by Gasteiger charge is -2.30. The molecule has 0 aromatic heterocycles. The van der Waals surface area contributed by atoms with Crippen molar-refractivity contribution in [2.75, 3.05) is 30.8 Å². The van der Waals surface area contributed by atoms with Crippen LogP contribution in [-0.2, 0) is 26.0 Å². The predicted octanol–water partition coefficient (Wildman–Crippen LogP) is 4.13. The van der Waals surface area contributed by atoms with Crippen LogP contribution in [0.2, 0.25) is 5.02 Å². The van der Waals surface area contributed by atoms with Crippen LogP contribution in [0.4, 0.5) is 5.69 Å². The first-order valence-corrected chi connectivity index (χ1v) is 13.1. The van der Waals surface area contributed by atoms with Crippen molar-refractivity contribution < 1.29 is 22.7 Å². The second-order valence-corrected chi connectivity index (χ2v) is 10.5. The lowest BCUT2D eigenvalue weighted by molar-refractivity contribution is -0.120. The average molecular weight is 493 g/mol. The van der Waals surface area contributed by atoms with Gasteiger partial charge < -0.3 is 10.1 Å². The molecule has 7 nitrogen and oxygen atoms in total. The number of sulfonamides is 1. The summed E-state index contributed by atoms with van der Waals surface area (Å²) in [5, 5.41) is 3.04. The van der Waals surface area contributed by atoms with Gasteiger partial charge in [0.05, 0.1) is 28.6 Å². The summed E-state index contributed by atoms with van der Waals surface area (Å²) in [5.74, 6) is -0.889. The maximum atomic E-state index is 12.7. The summed E-state index contributed by atoms with van der Waals surface area (Å²) < 4.78 is 31.8. The number of carbonyl (C=O) groups is 2. The Morgan fingerprint density at radius 1 is 1.12 bits per heavy atom. The van der Waals surface area contributed by atoms with Gasteiger partial charge in [0.15, 0.2) is 0 Å². The van der Waals surface area contributed by atoms with Gasteiger partial charge in [0.25, 0.3) is 0 Å². The van der Waals surface area contributed by atoms with Crippen molar-refractivity contribution in [3.05, 3.63) is 64.7 Å². The summed E-state index contributed by atoms with van der Waals surface area (Å²) in [7, 11) is -3.35. The Morgan fingerprint density at radius 3 is 2.45 bits per heavy atom. The zero-order valence-electron chi connectivity index (χ0n) is 18.6. The molecule has 33 heavy (non-hydrogen) atoms. The number of anilines is 1. The normalized spacial score (nSPS) is 15.2. The van der Waals surface area contributed by atoms with Crippen molar-refractivity contribution in [1.29, 1.82) is 0 Å². The number of benzene rings is 2. The van der Waals surface area contributed by atoms with Gasteiger partial charge in [-0.15, -0.1) is 0 Å². The Labute approximate surface area is 200 Å². The Morgan fingerprint density at radius 2 is 1.82 bits per heavy atom. The van der Waals surface area contributed by atoms with E-state index in [0.717, 1.165) is 5.56 Å². The minimum atomic E-state index is -3.35. The fourth-order valence-electron chi connectivity index (χ4n) is 3.82. The highest BCUT2D eigenvalue weighted by atomic mass is 35.5. The molecule has 1 amide bonds. The van der Waals surface area contributed by atoms with Crippen LogP contribution in [0.3, 0.4) is 0 Å². The number of rotatable bonds is 9. The first kappa shape index (κ1) is 25.2. The first-order chi connectivity index (χ1) is 15.8. The molecule has 0 atom stereocenters. The molecule has 1 aliphatic rings. The summed E-state index contributed by atoms with van der Waals surface area (Å²) in [4.78, 5) is 24.5. The number of amides is 1. The number of ether oxygens (including phenoxy) is 1. The molecule has 3 rings (SSSR count). The molecule has 2 aromatic carbocycles. The number of nitrogens with one attached hydrogen (secondary N) is 1. The number of hydrogen-bond donors (Lipinski definition) is 1. The third kappa shape index (κ3) is 7.03. The Kier molecular flexibility index (Phi) is 8.88.